The second-order valence-corrected chi connectivity index (χ2v) is 5.97. The maximum Gasteiger partial charge on any atom is 0.410 e. The molecule has 0 saturated carbocycles. The summed E-state index contributed by atoms with van der Waals surface area (Å²) in [6, 6.07) is 1.03. The average molecular weight is 302 g/mol. The Hall–Kier alpha value is -1.92. The topological polar surface area (TPSA) is 41.6 Å². The molecule has 1 aromatic rings. The first kappa shape index (κ1) is 15.5. The van der Waals surface area contributed by atoms with Crippen molar-refractivity contribution in [2.24, 2.45) is 0 Å². The highest BCUT2D eigenvalue weighted by atomic mass is 19.2. The predicted molar refractivity (Wildman–Crippen MR) is 71.5 cm³/mol. The summed E-state index contributed by atoms with van der Waals surface area (Å²) >= 11 is 0. The van der Waals surface area contributed by atoms with Crippen LogP contribution in [0.3, 0.4) is 0 Å². The number of nitrogens with one attached hydrogen (secondary N) is 1. The Labute approximate surface area is 120 Å². The molecule has 0 radical (unpaired) electrons. The zero-order valence-corrected chi connectivity index (χ0v) is 12.0. The van der Waals surface area contributed by atoms with Gasteiger partial charge in [-0.25, -0.2) is 18.0 Å². The monoisotopic (exact) mass is 302 g/mol. The molecule has 0 spiro atoms. The summed E-state index contributed by atoms with van der Waals surface area (Å²) in [6.07, 6.45) is -0.452. The van der Waals surface area contributed by atoms with Gasteiger partial charge in [-0.05, 0) is 20.8 Å². The summed E-state index contributed by atoms with van der Waals surface area (Å²) < 4.78 is 44.5. The number of ether oxygens (including phenoxy) is 1. The molecule has 0 unspecified atom stereocenters. The van der Waals surface area contributed by atoms with Crippen LogP contribution in [0, 0.1) is 17.5 Å². The Balaban J connectivity index is 1.89. The molecule has 21 heavy (non-hydrogen) atoms. The van der Waals surface area contributed by atoms with Gasteiger partial charge in [0.1, 0.15) is 11.4 Å². The molecule has 0 aromatic heterocycles. The number of benzene rings is 1. The number of amides is 1. The normalized spacial score (nSPS) is 15.6. The maximum atomic E-state index is 13.5. The lowest BCUT2D eigenvalue weighted by Crippen LogP contribution is -2.58. The highest BCUT2D eigenvalue weighted by Crippen LogP contribution is 2.22. The van der Waals surface area contributed by atoms with Gasteiger partial charge in [-0.2, -0.15) is 0 Å². The summed E-state index contributed by atoms with van der Waals surface area (Å²) in [7, 11) is 0. The molecule has 0 atom stereocenters. The van der Waals surface area contributed by atoms with Crippen molar-refractivity contribution in [3.05, 3.63) is 29.6 Å². The van der Waals surface area contributed by atoms with Crippen molar-refractivity contribution < 1.29 is 22.7 Å². The van der Waals surface area contributed by atoms with Crippen molar-refractivity contribution in [3.8, 4) is 0 Å². The van der Waals surface area contributed by atoms with Gasteiger partial charge in [0.05, 0.1) is 11.7 Å². The van der Waals surface area contributed by atoms with E-state index in [4.69, 9.17) is 4.74 Å². The molecule has 1 amide bonds. The van der Waals surface area contributed by atoms with Crippen molar-refractivity contribution in [2.45, 2.75) is 32.4 Å². The van der Waals surface area contributed by atoms with E-state index >= 15 is 0 Å². The number of halogens is 3. The van der Waals surface area contributed by atoms with Crippen molar-refractivity contribution in [1.82, 2.24) is 4.90 Å². The molecule has 1 heterocycles. The number of carbonyl (C=O) groups is 1. The second kappa shape index (κ2) is 5.46. The van der Waals surface area contributed by atoms with Crippen molar-refractivity contribution >= 4 is 11.8 Å². The van der Waals surface area contributed by atoms with Crippen LogP contribution in [0.15, 0.2) is 12.1 Å². The van der Waals surface area contributed by atoms with E-state index in [1.807, 2.05) is 0 Å². The van der Waals surface area contributed by atoms with Crippen LogP contribution in [-0.4, -0.2) is 35.7 Å². The minimum absolute atomic E-state index is 0.122. The average Bonchev–Trinajstić information content (AvgIpc) is 2.26. The molecule has 1 N–H and O–H groups in total. The number of hydrogen-bond donors (Lipinski definition) is 1. The summed E-state index contributed by atoms with van der Waals surface area (Å²) in [5.74, 6) is -3.23. The van der Waals surface area contributed by atoms with Crippen LogP contribution in [0.4, 0.5) is 23.7 Å². The minimum Gasteiger partial charge on any atom is -0.444 e. The number of rotatable bonds is 2. The summed E-state index contributed by atoms with van der Waals surface area (Å²) in [5.41, 5.74) is -0.704. The molecule has 7 heteroatoms. The quantitative estimate of drug-likeness (QED) is 0.853. The molecule has 2 rings (SSSR count). The highest BCUT2D eigenvalue weighted by Gasteiger charge is 2.34. The van der Waals surface area contributed by atoms with Crippen molar-refractivity contribution in [3.63, 3.8) is 0 Å². The number of hydrogen-bond acceptors (Lipinski definition) is 3. The van der Waals surface area contributed by atoms with Crippen LogP contribution in [0.2, 0.25) is 0 Å². The first-order valence-corrected chi connectivity index (χ1v) is 6.55. The van der Waals surface area contributed by atoms with Gasteiger partial charge in [0.15, 0.2) is 11.6 Å². The Morgan fingerprint density at radius 1 is 1.19 bits per heavy atom. The third-order valence-corrected chi connectivity index (χ3v) is 2.90. The van der Waals surface area contributed by atoms with Crippen LogP contribution < -0.4 is 5.32 Å². The van der Waals surface area contributed by atoms with Crippen LogP contribution in [-0.2, 0) is 4.74 Å². The highest BCUT2D eigenvalue weighted by molar-refractivity contribution is 5.69. The lowest BCUT2D eigenvalue weighted by Gasteiger charge is -2.40. The standard InChI is InChI=1S/C14H17F3N2O2/c1-14(2,3)21-13(20)19-6-8(7-19)18-12-5-10(16)9(15)4-11(12)17/h4-5,8,18H,6-7H2,1-3H3. The molecular weight excluding hydrogens is 285 g/mol. The van der Waals surface area contributed by atoms with Crippen LogP contribution in [0.5, 0.6) is 0 Å². The first-order chi connectivity index (χ1) is 9.65. The summed E-state index contributed by atoms with van der Waals surface area (Å²) in [5, 5.41) is 2.73. The summed E-state index contributed by atoms with van der Waals surface area (Å²) in [4.78, 5) is 13.1. The Morgan fingerprint density at radius 2 is 1.76 bits per heavy atom. The Bertz CT molecular complexity index is 552. The molecule has 1 aliphatic rings. The third-order valence-electron chi connectivity index (χ3n) is 2.90. The van der Waals surface area contributed by atoms with Gasteiger partial charge in [0, 0.05) is 25.2 Å². The zero-order chi connectivity index (χ0) is 15.8. The molecule has 1 fully saturated rings. The zero-order valence-electron chi connectivity index (χ0n) is 12.0. The molecule has 116 valence electrons. The first-order valence-electron chi connectivity index (χ1n) is 6.55. The van der Waals surface area contributed by atoms with E-state index in [0.29, 0.717) is 19.2 Å². The van der Waals surface area contributed by atoms with E-state index in [-0.39, 0.29) is 11.7 Å². The number of anilines is 1. The Kier molecular flexibility index (Phi) is 4.02. The molecule has 1 saturated heterocycles. The SMILES string of the molecule is CC(C)(C)OC(=O)N1CC(Nc2cc(F)c(F)cc2F)C1. The fraction of sp³-hybridized carbons (Fsp3) is 0.500. The van der Waals surface area contributed by atoms with Crippen LogP contribution >= 0.6 is 0 Å². The van der Waals surface area contributed by atoms with E-state index in [9.17, 15) is 18.0 Å². The molecule has 0 aliphatic carbocycles. The van der Waals surface area contributed by atoms with E-state index in [0.717, 1.165) is 6.07 Å². The molecule has 4 nitrogen and oxygen atoms in total. The Morgan fingerprint density at radius 3 is 2.33 bits per heavy atom. The van der Waals surface area contributed by atoms with Crippen LogP contribution in [0.1, 0.15) is 20.8 Å². The van der Waals surface area contributed by atoms with E-state index in [2.05, 4.69) is 5.32 Å². The van der Waals surface area contributed by atoms with Crippen molar-refractivity contribution in [2.75, 3.05) is 18.4 Å². The van der Waals surface area contributed by atoms with E-state index in [1.165, 1.54) is 4.90 Å². The van der Waals surface area contributed by atoms with Crippen molar-refractivity contribution in [1.29, 1.82) is 0 Å². The molecular formula is C14H17F3N2O2. The minimum atomic E-state index is -1.23. The third kappa shape index (κ3) is 3.80. The molecule has 0 bridgehead atoms. The van der Waals surface area contributed by atoms with Gasteiger partial charge in [-0.1, -0.05) is 0 Å². The van der Waals surface area contributed by atoms with Gasteiger partial charge in [-0.15, -0.1) is 0 Å². The van der Waals surface area contributed by atoms with Gasteiger partial charge >= 0.3 is 6.09 Å². The lowest BCUT2D eigenvalue weighted by molar-refractivity contribution is 0.0105. The second-order valence-electron chi connectivity index (χ2n) is 5.97. The van der Waals surface area contributed by atoms with Gasteiger partial charge in [0.2, 0.25) is 0 Å². The summed E-state index contributed by atoms with van der Waals surface area (Å²) in [6.45, 7) is 5.91. The van der Waals surface area contributed by atoms with Crippen LogP contribution in [0.25, 0.3) is 0 Å². The fourth-order valence-corrected chi connectivity index (χ4v) is 1.90. The fourth-order valence-electron chi connectivity index (χ4n) is 1.90. The molecule has 1 aliphatic heterocycles. The van der Waals surface area contributed by atoms with Gasteiger partial charge < -0.3 is 15.0 Å². The van der Waals surface area contributed by atoms with E-state index in [1.54, 1.807) is 20.8 Å². The van der Waals surface area contributed by atoms with Gasteiger partial charge in [0.25, 0.3) is 0 Å². The predicted octanol–water partition coefficient (Wildman–Crippen LogP) is 3.14. The van der Waals surface area contributed by atoms with Gasteiger partial charge in [-0.3, -0.25) is 0 Å². The number of likely N-dealkylation sites (tertiary alicyclic amines) is 1. The smallest absolute Gasteiger partial charge is 0.410 e. The number of carbonyl (C=O) groups excluding carboxylic acids is 1. The molecule has 1 aromatic carbocycles. The van der Waals surface area contributed by atoms with E-state index < -0.39 is 29.1 Å². The maximum absolute atomic E-state index is 13.5. The largest absolute Gasteiger partial charge is 0.444 e. The lowest BCUT2D eigenvalue weighted by atomic mass is 10.1. The number of nitrogens with zero attached hydrogens (tertiary/aromatic N) is 1.